The van der Waals surface area contributed by atoms with E-state index in [1.807, 2.05) is 17.0 Å². The Bertz CT molecular complexity index is 1090. The Kier molecular flexibility index (Phi) is 7.89. The normalized spacial score (nSPS) is 19.5. The van der Waals surface area contributed by atoms with Crippen molar-refractivity contribution in [2.75, 3.05) is 46.1 Å². The molecule has 1 unspecified atom stereocenters. The third kappa shape index (κ3) is 5.74. The lowest BCUT2D eigenvalue weighted by Crippen LogP contribution is -2.51. The van der Waals surface area contributed by atoms with Gasteiger partial charge in [-0.2, -0.15) is 0 Å². The van der Waals surface area contributed by atoms with E-state index in [0.29, 0.717) is 61.9 Å². The quantitative estimate of drug-likeness (QED) is 0.548. The highest BCUT2D eigenvalue weighted by molar-refractivity contribution is 6.32. The number of fused-ring (bicyclic) bond motifs is 2. The van der Waals surface area contributed by atoms with Gasteiger partial charge in [0, 0.05) is 51.1 Å². The van der Waals surface area contributed by atoms with Gasteiger partial charge in [-0.05, 0) is 29.2 Å². The van der Waals surface area contributed by atoms with Gasteiger partial charge in [-0.15, -0.1) is 0 Å². The molecule has 1 amide bonds. The molecule has 3 aliphatic rings. The van der Waals surface area contributed by atoms with Crippen LogP contribution in [-0.2, 0) is 29.0 Å². The van der Waals surface area contributed by atoms with E-state index in [1.165, 1.54) is 11.1 Å². The number of carbonyl (C=O) groups is 1. The van der Waals surface area contributed by atoms with E-state index >= 15 is 0 Å². The lowest BCUT2D eigenvalue weighted by atomic mass is 10.1. The number of amides is 1. The van der Waals surface area contributed by atoms with Crippen molar-refractivity contribution in [3.8, 4) is 17.2 Å². The van der Waals surface area contributed by atoms with Crippen LogP contribution in [0.1, 0.15) is 37.0 Å². The van der Waals surface area contributed by atoms with E-state index in [-0.39, 0.29) is 5.91 Å². The number of morpholine rings is 1. The Hall–Kier alpha value is -2.48. The van der Waals surface area contributed by atoms with Crippen molar-refractivity contribution in [1.29, 1.82) is 0 Å². The molecule has 0 aromatic heterocycles. The largest absolute Gasteiger partial charge is 0.493 e. The average Bonchev–Trinajstić information content (AvgIpc) is 3.22. The SMILES string of the molecule is CC(C)CN(Cc1cc(Cl)c2c(c1)OCCCO2)C(=O)C1CN(Cc2cccc3c2OCC3)CCO1. The highest BCUT2D eigenvalue weighted by atomic mass is 35.5. The summed E-state index contributed by atoms with van der Waals surface area (Å²) < 4.78 is 23.5. The van der Waals surface area contributed by atoms with E-state index in [2.05, 4.69) is 36.9 Å². The number of rotatable bonds is 7. The summed E-state index contributed by atoms with van der Waals surface area (Å²) in [5, 5.41) is 0.513. The van der Waals surface area contributed by atoms with E-state index < -0.39 is 6.10 Å². The molecule has 194 valence electrons. The number of hydrogen-bond acceptors (Lipinski definition) is 6. The summed E-state index contributed by atoms with van der Waals surface area (Å²) in [6.07, 6.45) is 1.26. The van der Waals surface area contributed by atoms with Crippen molar-refractivity contribution in [3.05, 3.63) is 52.0 Å². The van der Waals surface area contributed by atoms with Gasteiger partial charge in [-0.25, -0.2) is 0 Å². The second-order valence-corrected chi connectivity index (χ2v) is 10.6. The molecule has 3 heterocycles. The Balaban J connectivity index is 1.29. The fourth-order valence-corrected chi connectivity index (χ4v) is 5.40. The van der Waals surface area contributed by atoms with Crippen molar-refractivity contribution in [2.24, 2.45) is 5.92 Å². The lowest BCUT2D eigenvalue weighted by Gasteiger charge is -2.36. The molecule has 0 radical (unpaired) electrons. The standard InChI is InChI=1S/C28H35ClN2O5/c1-19(2)15-31(16-20-13-23(29)27-24(14-20)33-9-4-10-35-27)28(32)25-18-30(8-12-34-25)17-22-6-3-5-21-7-11-36-26(21)22/h3,5-6,13-14,19,25H,4,7-12,15-18H2,1-2H3. The van der Waals surface area contributed by atoms with E-state index in [9.17, 15) is 4.79 Å². The predicted octanol–water partition coefficient (Wildman–Crippen LogP) is 4.32. The fourth-order valence-electron chi connectivity index (χ4n) is 5.12. The molecule has 0 saturated carbocycles. The molecule has 8 heteroatoms. The Morgan fingerprint density at radius 2 is 1.94 bits per heavy atom. The summed E-state index contributed by atoms with van der Waals surface area (Å²) >= 11 is 6.52. The van der Waals surface area contributed by atoms with Crippen LogP contribution in [0.4, 0.5) is 0 Å². The average molecular weight is 515 g/mol. The lowest BCUT2D eigenvalue weighted by molar-refractivity contribution is -0.151. The third-order valence-electron chi connectivity index (χ3n) is 6.75. The molecule has 0 spiro atoms. The highest BCUT2D eigenvalue weighted by Gasteiger charge is 2.32. The summed E-state index contributed by atoms with van der Waals surface area (Å²) in [5.74, 6) is 2.56. The number of hydrogen-bond donors (Lipinski definition) is 0. The van der Waals surface area contributed by atoms with Crippen LogP contribution in [-0.4, -0.2) is 67.9 Å². The van der Waals surface area contributed by atoms with Crippen molar-refractivity contribution in [3.63, 3.8) is 0 Å². The van der Waals surface area contributed by atoms with Crippen LogP contribution >= 0.6 is 11.6 Å². The van der Waals surface area contributed by atoms with Crippen LogP contribution in [0.2, 0.25) is 5.02 Å². The minimum atomic E-state index is -0.508. The number of para-hydroxylation sites is 1. The van der Waals surface area contributed by atoms with Crippen LogP contribution in [0.3, 0.4) is 0 Å². The van der Waals surface area contributed by atoms with Gasteiger partial charge < -0.3 is 23.8 Å². The number of carbonyl (C=O) groups excluding carboxylic acids is 1. The minimum Gasteiger partial charge on any atom is -0.493 e. The van der Waals surface area contributed by atoms with Gasteiger partial charge in [0.05, 0.1) is 31.5 Å². The van der Waals surface area contributed by atoms with Gasteiger partial charge in [-0.3, -0.25) is 9.69 Å². The molecule has 1 atom stereocenters. The zero-order valence-corrected chi connectivity index (χ0v) is 21.9. The first-order valence-electron chi connectivity index (χ1n) is 12.9. The Labute approximate surface area is 218 Å². The molecule has 2 aromatic carbocycles. The molecule has 0 aliphatic carbocycles. The summed E-state index contributed by atoms with van der Waals surface area (Å²) in [4.78, 5) is 17.9. The molecule has 1 saturated heterocycles. The van der Waals surface area contributed by atoms with Crippen LogP contribution in [0.15, 0.2) is 30.3 Å². The summed E-state index contributed by atoms with van der Waals surface area (Å²) in [6, 6.07) is 10.2. The molecular weight excluding hydrogens is 480 g/mol. The smallest absolute Gasteiger partial charge is 0.253 e. The summed E-state index contributed by atoms with van der Waals surface area (Å²) in [6.45, 7) is 9.82. The van der Waals surface area contributed by atoms with Crippen molar-refractivity contribution >= 4 is 17.5 Å². The molecule has 5 rings (SSSR count). The highest BCUT2D eigenvalue weighted by Crippen LogP contribution is 2.38. The first-order chi connectivity index (χ1) is 17.5. The predicted molar refractivity (Wildman–Crippen MR) is 138 cm³/mol. The fraction of sp³-hybridized carbons (Fsp3) is 0.536. The third-order valence-corrected chi connectivity index (χ3v) is 7.03. The molecule has 0 N–H and O–H groups in total. The summed E-state index contributed by atoms with van der Waals surface area (Å²) in [7, 11) is 0. The number of halogens is 1. The molecule has 2 aromatic rings. The van der Waals surface area contributed by atoms with Crippen molar-refractivity contribution in [2.45, 2.75) is 45.9 Å². The first kappa shape index (κ1) is 25.2. The van der Waals surface area contributed by atoms with Gasteiger partial charge in [0.1, 0.15) is 11.9 Å². The minimum absolute atomic E-state index is 0.00572. The number of benzene rings is 2. The van der Waals surface area contributed by atoms with Gasteiger partial charge in [0.25, 0.3) is 5.91 Å². The van der Waals surface area contributed by atoms with Crippen LogP contribution in [0, 0.1) is 5.92 Å². The van der Waals surface area contributed by atoms with Crippen molar-refractivity contribution in [1.82, 2.24) is 9.80 Å². The van der Waals surface area contributed by atoms with Crippen LogP contribution in [0.5, 0.6) is 17.2 Å². The Morgan fingerprint density at radius 1 is 1.11 bits per heavy atom. The number of ether oxygens (including phenoxy) is 4. The zero-order chi connectivity index (χ0) is 25.1. The maximum absolute atomic E-state index is 13.7. The summed E-state index contributed by atoms with van der Waals surface area (Å²) in [5.41, 5.74) is 3.37. The van der Waals surface area contributed by atoms with Crippen LogP contribution in [0.25, 0.3) is 0 Å². The molecule has 36 heavy (non-hydrogen) atoms. The maximum Gasteiger partial charge on any atom is 0.253 e. The Morgan fingerprint density at radius 3 is 2.81 bits per heavy atom. The first-order valence-corrected chi connectivity index (χ1v) is 13.3. The molecular formula is C28H35ClN2O5. The molecule has 0 bridgehead atoms. The van der Waals surface area contributed by atoms with E-state index in [4.69, 9.17) is 30.5 Å². The van der Waals surface area contributed by atoms with E-state index in [0.717, 1.165) is 43.9 Å². The second-order valence-electron chi connectivity index (χ2n) is 10.2. The molecule has 3 aliphatic heterocycles. The number of nitrogens with zero attached hydrogens (tertiary/aromatic N) is 2. The second kappa shape index (κ2) is 11.3. The van der Waals surface area contributed by atoms with Gasteiger partial charge in [-0.1, -0.05) is 43.6 Å². The van der Waals surface area contributed by atoms with Crippen LogP contribution < -0.4 is 14.2 Å². The van der Waals surface area contributed by atoms with Crippen molar-refractivity contribution < 1.29 is 23.7 Å². The maximum atomic E-state index is 13.7. The van der Waals surface area contributed by atoms with Gasteiger partial charge in [0.2, 0.25) is 0 Å². The topological polar surface area (TPSA) is 60.5 Å². The zero-order valence-electron chi connectivity index (χ0n) is 21.1. The monoisotopic (exact) mass is 514 g/mol. The van der Waals surface area contributed by atoms with Gasteiger partial charge >= 0.3 is 0 Å². The van der Waals surface area contributed by atoms with Gasteiger partial charge in [0.15, 0.2) is 11.5 Å². The van der Waals surface area contributed by atoms with E-state index in [1.54, 1.807) is 0 Å². The molecule has 1 fully saturated rings. The molecule has 7 nitrogen and oxygen atoms in total.